The lowest BCUT2D eigenvalue weighted by molar-refractivity contribution is -0.138. The normalized spacial score (nSPS) is 9.87. The Morgan fingerprint density at radius 3 is 2.00 bits per heavy atom. The second-order valence-corrected chi connectivity index (χ2v) is 3.97. The lowest BCUT2D eigenvalue weighted by atomic mass is 10.2. The van der Waals surface area contributed by atoms with Gasteiger partial charge in [-0.3, -0.25) is 4.79 Å². The number of rotatable bonds is 2. The van der Waals surface area contributed by atoms with Gasteiger partial charge in [-0.15, -0.1) is 0 Å². The first-order chi connectivity index (χ1) is 6.99. The summed E-state index contributed by atoms with van der Waals surface area (Å²) < 4.78 is 4.55. The van der Waals surface area contributed by atoms with Crippen molar-refractivity contribution in [2.45, 2.75) is 33.0 Å². The molecule has 84 valence electrons. The maximum Gasteiger partial charge on any atom is 0.293 e. The van der Waals surface area contributed by atoms with E-state index in [-0.39, 0.29) is 12.2 Å². The molecule has 0 aromatic heterocycles. The summed E-state index contributed by atoms with van der Waals surface area (Å²) in [6.07, 6.45) is 0. The fraction of sp³-hybridized carbons (Fsp3) is 0.417. The Morgan fingerprint density at radius 2 is 1.80 bits per heavy atom. The van der Waals surface area contributed by atoms with Gasteiger partial charge in [-0.05, 0) is 26.3 Å². The molecule has 15 heavy (non-hydrogen) atoms. The Bertz CT molecular complexity index is 262. The third kappa shape index (κ3) is 8.97. The predicted octanol–water partition coefficient (Wildman–Crippen LogP) is 2.14. The zero-order chi connectivity index (χ0) is 11.7. The highest BCUT2D eigenvalue weighted by Crippen LogP contribution is 2.02. The van der Waals surface area contributed by atoms with Crippen LogP contribution in [-0.2, 0) is 16.1 Å². The van der Waals surface area contributed by atoms with Crippen molar-refractivity contribution in [2.75, 3.05) is 0 Å². The van der Waals surface area contributed by atoms with Gasteiger partial charge in [0.15, 0.2) is 0 Å². The Labute approximate surface area is 90.7 Å². The Balaban J connectivity index is 0.000000265. The molecule has 0 unspecified atom stereocenters. The third-order valence-electron chi connectivity index (χ3n) is 1.43. The highest BCUT2D eigenvalue weighted by molar-refractivity contribution is 5.37. The summed E-state index contributed by atoms with van der Waals surface area (Å²) in [5.74, 6) is 0. The van der Waals surface area contributed by atoms with Crippen LogP contribution in [0, 0.1) is 0 Å². The van der Waals surface area contributed by atoms with Gasteiger partial charge in [-0.2, -0.15) is 0 Å². The number of benzene rings is 1. The first kappa shape index (κ1) is 13.7. The van der Waals surface area contributed by atoms with Crippen molar-refractivity contribution in [1.82, 2.24) is 0 Å². The van der Waals surface area contributed by atoms with Gasteiger partial charge in [-0.25, -0.2) is 0 Å². The Morgan fingerprint density at radius 1 is 1.27 bits per heavy atom. The van der Waals surface area contributed by atoms with E-state index < -0.39 is 0 Å². The number of carbonyl (C=O) groups excluding carboxylic acids is 1. The van der Waals surface area contributed by atoms with E-state index in [4.69, 9.17) is 5.11 Å². The average Bonchev–Trinajstić information content (AvgIpc) is 2.18. The van der Waals surface area contributed by atoms with Crippen molar-refractivity contribution in [3.05, 3.63) is 35.9 Å². The minimum Gasteiger partial charge on any atom is -0.462 e. The molecule has 0 fully saturated rings. The van der Waals surface area contributed by atoms with Crippen molar-refractivity contribution >= 4 is 6.47 Å². The van der Waals surface area contributed by atoms with E-state index in [2.05, 4.69) is 4.74 Å². The Hall–Kier alpha value is -1.35. The van der Waals surface area contributed by atoms with Crippen LogP contribution in [-0.4, -0.2) is 17.2 Å². The molecule has 3 heteroatoms. The smallest absolute Gasteiger partial charge is 0.293 e. The van der Waals surface area contributed by atoms with Gasteiger partial charge in [0.25, 0.3) is 6.47 Å². The lowest BCUT2D eigenvalue weighted by Crippen LogP contribution is -2.17. The number of hydrogen-bond donors (Lipinski definition) is 1. The third-order valence-corrected chi connectivity index (χ3v) is 1.43. The van der Waals surface area contributed by atoms with Gasteiger partial charge in [-0.1, -0.05) is 30.3 Å². The zero-order valence-corrected chi connectivity index (χ0v) is 9.43. The van der Waals surface area contributed by atoms with Gasteiger partial charge in [0.2, 0.25) is 0 Å². The van der Waals surface area contributed by atoms with Crippen LogP contribution in [0.5, 0.6) is 0 Å². The molecule has 0 amide bonds. The minimum atomic E-state index is -0.318. The molecule has 0 radical (unpaired) electrons. The fourth-order valence-electron chi connectivity index (χ4n) is 0.728. The molecule has 1 aromatic rings. The van der Waals surface area contributed by atoms with E-state index in [0.717, 1.165) is 5.56 Å². The van der Waals surface area contributed by atoms with Gasteiger partial charge >= 0.3 is 0 Å². The first-order valence-corrected chi connectivity index (χ1v) is 4.76. The molecule has 1 N–H and O–H groups in total. The second-order valence-electron chi connectivity index (χ2n) is 3.97. The van der Waals surface area contributed by atoms with E-state index in [1.165, 1.54) is 0 Å². The number of carbonyl (C=O) groups is 1. The molecule has 1 aromatic carbocycles. The zero-order valence-electron chi connectivity index (χ0n) is 9.43. The lowest BCUT2D eigenvalue weighted by Gasteiger charge is -2.14. The molecule has 0 aliphatic rings. The topological polar surface area (TPSA) is 46.5 Å². The molecule has 0 bridgehead atoms. The van der Waals surface area contributed by atoms with Crippen molar-refractivity contribution in [3.63, 3.8) is 0 Å². The van der Waals surface area contributed by atoms with Gasteiger partial charge in [0.05, 0.1) is 6.61 Å². The summed E-state index contributed by atoms with van der Waals surface area (Å²) in [5.41, 5.74) is 0.648. The van der Waals surface area contributed by atoms with Crippen molar-refractivity contribution in [2.24, 2.45) is 0 Å². The monoisotopic (exact) mass is 210 g/mol. The maximum absolute atomic E-state index is 9.60. The molecule has 0 spiro atoms. The standard InChI is InChI=1S/C7H8O.C5H10O2/c8-6-7-4-2-1-3-5-7;1-5(2,3)7-4-6/h1-5,8H,6H2;4H,1-3H3. The number of hydrogen-bond acceptors (Lipinski definition) is 3. The number of aliphatic hydroxyl groups excluding tert-OH is 1. The molecule has 0 aliphatic carbocycles. The largest absolute Gasteiger partial charge is 0.462 e. The van der Waals surface area contributed by atoms with Crippen molar-refractivity contribution in [1.29, 1.82) is 0 Å². The van der Waals surface area contributed by atoms with Crippen molar-refractivity contribution < 1.29 is 14.6 Å². The van der Waals surface area contributed by atoms with Gasteiger partial charge < -0.3 is 9.84 Å². The SMILES string of the molecule is CC(C)(C)OC=O.OCc1ccccc1. The van der Waals surface area contributed by atoms with Crippen molar-refractivity contribution in [3.8, 4) is 0 Å². The minimum absolute atomic E-state index is 0.140. The van der Waals surface area contributed by atoms with E-state index in [0.29, 0.717) is 6.47 Å². The molecule has 1 rings (SSSR count). The van der Waals surface area contributed by atoms with E-state index in [1.54, 1.807) is 0 Å². The van der Waals surface area contributed by atoms with Crippen LogP contribution in [0.2, 0.25) is 0 Å². The van der Waals surface area contributed by atoms with Crippen LogP contribution in [0.25, 0.3) is 0 Å². The second kappa shape index (κ2) is 7.01. The van der Waals surface area contributed by atoms with E-state index in [1.807, 2.05) is 51.1 Å². The molecule has 0 saturated heterocycles. The predicted molar refractivity (Wildman–Crippen MR) is 59.3 cm³/mol. The first-order valence-electron chi connectivity index (χ1n) is 4.76. The summed E-state index contributed by atoms with van der Waals surface area (Å²) >= 11 is 0. The van der Waals surface area contributed by atoms with E-state index >= 15 is 0 Å². The van der Waals surface area contributed by atoms with Crippen LogP contribution in [0.3, 0.4) is 0 Å². The quantitative estimate of drug-likeness (QED) is 0.761. The van der Waals surface area contributed by atoms with Crippen LogP contribution < -0.4 is 0 Å². The summed E-state index contributed by atoms with van der Waals surface area (Å²) in [6, 6.07) is 9.52. The average molecular weight is 210 g/mol. The van der Waals surface area contributed by atoms with Gasteiger partial charge in [0.1, 0.15) is 5.60 Å². The van der Waals surface area contributed by atoms with E-state index in [9.17, 15) is 4.79 Å². The molecule has 0 aliphatic heterocycles. The summed E-state index contributed by atoms with van der Waals surface area (Å²) in [5, 5.41) is 8.54. The van der Waals surface area contributed by atoms with Crippen LogP contribution in [0.15, 0.2) is 30.3 Å². The number of aliphatic hydroxyl groups is 1. The van der Waals surface area contributed by atoms with Crippen LogP contribution >= 0.6 is 0 Å². The van der Waals surface area contributed by atoms with Crippen LogP contribution in [0.4, 0.5) is 0 Å². The molecule has 0 saturated carbocycles. The molecular weight excluding hydrogens is 192 g/mol. The Kier molecular flexibility index (Phi) is 6.38. The fourth-order valence-corrected chi connectivity index (χ4v) is 0.728. The van der Waals surface area contributed by atoms with Crippen LogP contribution in [0.1, 0.15) is 26.3 Å². The molecular formula is C12H18O3. The highest BCUT2D eigenvalue weighted by atomic mass is 16.5. The molecule has 0 atom stereocenters. The summed E-state index contributed by atoms with van der Waals surface area (Å²) in [6.45, 7) is 6.06. The molecule has 0 heterocycles. The summed E-state index contributed by atoms with van der Waals surface area (Å²) in [7, 11) is 0. The summed E-state index contributed by atoms with van der Waals surface area (Å²) in [4.78, 5) is 9.60. The molecule has 3 nitrogen and oxygen atoms in total. The maximum atomic E-state index is 9.60. The number of ether oxygens (including phenoxy) is 1. The highest BCUT2D eigenvalue weighted by Gasteiger charge is 2.07. The van der Waals surface area contributed by atoms with Gasteiger partial charge in [0, 0.05) is 0 Å².